The number of carbonyl (C=O) groups excluding carboxylic acids is 1. The molecule has 1 rings (SSSR count). The maximum Gasteiger partial charge on any atom is 0.311 e. The van der Waals surface area contributed by atoms with Crippen molar-refractivity contribution in [3.05, 3.63) is 42.6 Å². The SMILES string of the molecule is C/C=C(\C=C/[N+](=CCC)CCC(=O)OC)c1cnccn1. The number of allylic oxidation sites excluding steroid dienone is 3. The fourth-order valence-corrected chi connectivity index (χ4v) is 1.74. The van der Waals surface area contributed by atoms with E-state index in [0.717, 1.165) is 17.7 Å². The summed E-state index contributed by atoms with van der Waals surface area (Å²) >= 11 is 0. The molecular formula is C16H22N3O2+. The number of esters is 1. The van der Waals surface area contributed by atoms with Crippen molar-refractivity contribution in [1.29, 1.82) is 0 Å². The van der Waals surface area contributed by atoms with Gasteiger partial charge in [0.1, 0.15) is 12.6 Å². The van der Waals surface area contributed by atoms with Crippen LogP contribution in [-0.2, 0) is 9.53 Å². The van der Waals surface area contributed by atoms with Crippen molar-refractivity contribution in [2.75, 3.05) is 13.7 Å². The number of hydrogen-bond donors (Lipinski definition) is 0. The molecule has 1 aromatic heterocycles. The van der Waals surface area contributed by atoms with E-state index in [0.29, 0.717) is 13.0 Å². The van der Waals surface area contributed by atoms with Crippen molar-refractivity contribution in [2.24, 2.45) is 0 Å². The summed E-state index contributed by atoms with van der Waals surface area (Å²) in [5.74, 6) is -0.210. The van der Waals surface area contributed by atoms with Gasteiger partial charge in [0.15, 0.2) is 12.7 Å². The molecule has 112 valence electrons. The van der Waals surface area contributed by atoms with Crippen LogP contribution in [0.5, 0.6) is 0 Å². The van der Waals surface area contributed by atoms with Gasteiger partial charge in [0.05, 0.1) is 19.0 Å². The number of nitrogens with zero attached hydrogens (tertiary/aromatic N) is 3. The van der Waals surface area contributed by atoms with Gasteiger partial charge in [-0.3, -0.25) is 14.8 Å². The monoisotopic (exact) mass is 288 g/mol. The highest BCUT2D eigenvalue weighted by atomic mass is 16.5. The van der Waals surface area contributed by atoms with E-state index >= 15 is 0 Å². The Kier molecular flexibility index (Phi) is 7.64. The number of aromatic nitrogens is 2. The first-order chi connectivity index (χ1) is 10.2. The Morgan fingerprint density at radius 3 is 2.81 bits per heavy atom. The van der Waals surface area contributed by atoms with E-state index in [-0.39, 0.29) is 5.97 Å². The van der Waals surface area contributed by atoms with Crippen molar-refractivity contribution >= 4 is 17.8 Å². The molecule has 0 atom stereocenters. The number of carbonyl (C=O) groups is 1. The molecule has 1 heterocycles. The summed E-state index contributed by atoms with van der Waals surface area (Å²) in [5, 5.41) is 0. The van der Waals surface area contributed by atoms with Crippen molar-refractivity contribution in [1.82, 2.24) is 9.97 Å². The molecule has 0 saturated carbocycles. The van der Waals surface area contributed by atoms with Crippen LogP contribution in [0.1, 0.15) is 32.4 Å². The second-order valence-corrected chi connectivity index (χ2v) is 4.31. The van der Waals surface area contributed by atoms with Crippen LogP contribution in [0.3, 0.4) is 0 Å². The average Bonchev–Trinajstić information content (AvgIpc) is 2.53. The molecule has 0 aliphatic rings. The molecule has 0 aromatic carbocycles. The summed E-state index contributed by atoms with van der Waals surface area (Å²) in [5.41, 5.74) is 1.80. The Morgan fingerprint density at radius 2 is 2.24 bits per heavy atom. The van der Waals surface area contributed by atoms with Gasteiger partial charge in [0.2, 0.25) is 0 Å². The fourth-order valence-electron chi connectivity index (χ4n) is 1.74. The topological polar surface area (TPSA) is 55.1 Å². The second-order valence-electron chi connectivity index (χ2n) is 4.31. The standard InChI is InChI=1S/C16H22N3O2/c1-4-10-19(12-7-16(20)21-3)11-6-14(5-2)15-13-17-8-9-18-15/h5-6,8-11,13H,4,7,12H2,1-3H3/q+1/b11-6-,14-5+,19-10?. The molecule has 0 spiro atoms. The van der Waals surface area contributed by atoms with E-state index in [2.05, 4.69) is 21.6 Å². The van der Waals surface area contributed by atoms with Gasteiger partial charge in [-0.1, -0.05) is 13.0 Å². The number of hydrogen-bond acceptors (Lipinski definition) is 4. The molecule has 0 saturated heterocycles. The molecule has 0 radical (unpaired) electrons. The summed E-state index contributed by atoms with van der Waals surface area (Å²) in [6, 6.07) is 0. The van der Waals surface area contributed by atoms with Gasteiger partial charge in [-0.15, -0.1) is 0 Å². The number of methoxy groups -OCH3 is 1. The lowest BCUT2D eigenvalue weighted by Gasteiger charge is -2.00. The van der Waals surface area contributed by atoms with Gasteiger partial charge in [0.25, 0.3) is 0 Å². The first-order valence-corrected chi connectivity index (χ1v) is 6.98. The normalized spacial score (nSPS) is 12.7. The van der Waals surface area contributed by atoms with Crippen molar-refractivity contribution < 1.29 is 14.1 Å². The molecule has 0 aliphatic carbocycles. The maximum absolute atomic E-state index is 11.2. The van der Waals surface area contributed by atoms with Crippen LogP contribution in [0.4, 0.5) is 0 Å². The molecule has 5 nitrogen and oxygen atoms in total. The zero-order valence-corrected chi connectivity index (χ0v) is 12.8. The highest BCUT2D eigenvalue weighted by Crippen LogP contribution is 2.11. The Labute approximate surface area is 125 Å². The van der Waals surface area contributed by atoms with Gasteiger partial charge in [-0.25, -0.2) is 4.58 Å². The Balaban J connectivity index is 2.78. The predicted molar refractivity (Wildman–Crippen MR) is 82.9 cm³/mol. The second kappa shape index (κ2) is 9.58. The van der Waals surface area contributed by atoms with Crippen molar-refractivity contribution in [3.63, 3.8) is 0 Å². The molecule has 21 heavy (non-hydrogen) atoms. The van der Waals surface area contributed by atoms with E-state index in [4.69, 9.17) is 0 Å². The van der Waals surface area contributed by atoms with Crippen LogP contribution in [0.15, 0.2) is 36.9 Å². The third kappa shape index (κ3) is 6.12. The molecule has 5 heteroatoms. The minimum absolute atomic E-state index is 0.210. The zero-order chi connectivity index (χ0) is 15.5. The molecule has 0 N–H and O–H groups in total. The summed E-state index contributed by atoms with van der Waals surface area (Å²) in [6.45, 7) is 4.60. The van der Waals surface area contributed by atoms with Crippen LogP contribution in [0.2, 0.25) is 0 Å². The molecule has 0 unspecified atom stereocenters. The molecular weight excluding hydrogens is 266 g/mol. The Hall–Kier alpha value is -2.30. The highest BCUT2D eigenvalue weighted by molar-refractivity contribution is 5.70. The van der Waals surface area contributed by atoms with E-state index in [1.165, 1.54) is 7.11 Å². The van der Waals surface area contributed by atoms with Crippen molar-refractivity contribution in [2.45, 2.75) is 26.7 Å². The van der Waals surface area contributed by atoms with Gasteiger partial charge < -0.3 is 4.74 Å². The summed E-state index contributed by atoms with van der Waals surface area (Å²) in [7, 11) is 1.40. The minimum atomic E-state index is -0.210. The van der Waals surface area contributed by atoms with Crippen LogP contribution in [-0.4, -0.2) is 40.4 Å². The minimum Gasteiger partial charge on any atom is -0.469 e. The molecule has 0 aliphatic heterocycles. The van der Waals surface area contributed by atoms with E-state index in [9.17, 15) is 4.79 Å². The highest BCUT2D eigenvalue weighted by Gasteiger charge is 2.07. The smallest absolute Gasteiger partial charge is 0.311 e. The quantitative estimate of drug-likeness (QED) is 0.335. The van der Waals surface area contributed by atoms with Crippen LogP contribution >= 0.6 is 0 Å². The summed E-state index contributed by atoms with van der Waals surface area (Å²) < 4.78 is 6.64. The number of rotatable bonds is 7. The molecule has 0 fully saturated rings. The Bertz CT molecular complexity index is 534. The zero-order valence-electron chi connectivity index (χ0n) is 12.8. The first kappa shape index (κ1) is 16.8. The molecule has 1 aromatic rings. The number of ether oxygens (including phenoxy) is 1. The van der Waals surface area contributed by atoms with Gasteiger partial charge in [0, 0.05) is 30.5 Å². The average molecular weight is 288 g/mol. The lowest BCUT2D eigenvalue weighted by atomic mass is 10.2. The maximum atomic E-state index is 11.2. The third-order valence-electron chi connectivity index (χ3n) is 2.83. The van der Waals surface area contributed by atoms with Crippen LogP contribution in [0, 0.1) is 0 Å². The first-order valence-electron chi connectivity index (χ1n) is 6.98. The fraction of sp³-hybridized carbons (Fsp3) is 0.375. The van der Waals surface area contributed by atoms with E-state index in [1.54, 1.807) is 18.6 Å². The largest absolute Gasteiger partial charge is 0.469 e. The summed E-state index contributed by atoms with van der Waals surface area (Å²) in [4.78, 5) is 19.6. The van der Waals surface area contributed by atoms with Crippen LogP contribution < -0.4 is 0 Å². The van der Waals surface area contributed by atoms with E-state index < -0.39 is 0 Å². The molecule has 0 bridgehead atoms. The third-order valence-corrected chi connectivity index (χ3v) is 2.83. The van der Waals surface area contributed by atoms with Gasteiger partial charge >= 0.3 is 5.97 Å². The van der Waals surface area contributed by atoms with Gasteiger partial charge in [-0.05, 0) is 6.92 Å². The lowest BCUT2D eigenvalue weighted by Crippen LogP contribution is -2.13. The Morgan fingerprint density at radius 1 is 1.43 bits per heavy atom. The molecule has 0 amide bonds. The predicted octanol–water partition coefficient (Wildman–Crippen LogP) is 2.45. The lowest BCUT2D eigenvalue weighted by molar-refractivity contribution is -0.452. The summed E-state index contributed by atoms with van der Waals surface area (Å²) in [6.07, 6.45) is 14.2. The van der Waals surface area contributed by atoms with Crippen molar-refractivity contribution in [3.8, 4) is 0 Å². The van der Waals surface area contributed by atoms with E-state index in [1.807, 2.05) is 36.1 Å². The van der Waals surface area contributed by atoms with Crippen LogP contribution in [0.25, 0.3) is 5.57 Å². The van der Waals surface area contributed by atoms with Gasteiger partial charge in [-0.2, -0.15) is 0 Å².